The van der Waals surface area contributed by atoms with Gasteiger partial charge in [0.1, 0.15) is 0 Å². The highest BCUT2D eigenvalue weighted by Crippen LogP contribution is 2.28. The number of benzene rings is 1. The van der Waals surface area contributed by atoms with Crippen LogP contribution in [0.2, 0.25) is 0 Å². The normalized spacial score (nSPS) is 17.4. The zero-order valence-electron chi connectivity index (χ0n) is 11.7. The number of anilines is 1. The summed E-state index contributed by atoms with van der Waals surface area (Å²) < 4.78 is 0. The standard InChI is InChI=1S/C15H22N2O.ClH/c1-11-6-7-12(16)10-13(11)14(18)17-15(2)8-4-3-5-9-15;/h6-7,10H,3-5,8-9,16H2,1-2H3,(H,17,18);1H. The highest BCUT2D eigenvalue weighted by atomic mass is 35.5. The van der Waals surface area contributed by atoms with Crippen molar-refractivity contribution in [2.24, 2.45) is 0 Å². The lowest BCUT2D eigenvalue weighted by Gasteiger charge is -2.34. The Morgan fingerprint density at radius 3 is 2.53 bits per heavy atom. The van der Waals surface area contributed by atoms with Crippen LogP contribution >= 0.6 is 12.4 Å². The molecule has 1 aromatic rings. The van der Waals surface area contributed by atoms with Crippen molar-refractivity contribution < 1.29 is 4.79 Å². The first-order valence-electron chi connectivity index (χ1n) is 6.69. The van der Waals surface area contributed by atoms with Gasteiger partial charge in [-0.05, 0) is 44.4 Å². The number of carbonyl (C=O) groups is 1. The second-order valence-electron chi connectivity index (χ2n) is 5.65. The molecule has 3 nitrogen and oxygen atoms in total. The summed E-state index contributed by atoms with van der Waals surface area (Å²) in [7, 11) is 0. The highest BCUT2D eigenvalue weighted by molar-refractivity contribution is 5.96. The fourth-order valence-corrected chi connectivity index (χ4v) is 2.68. The molecule has 0 bridgehead atoms. The van der Waals surface area contributed by atoms with Gasteiger partial charge in [-0.25, -0.2) is 0 Å². The minimum atomic E-state index is -0.0492. The van der Waals surface area contributed by atoms with Crippen molar-refractivity contribution in [2.75, 3.05) is 5.73 Å². The Morgan fingerprint density at radius 2 is 1.89 bits per heavy atom. The predicted molar refractivity (Wildman–Crippen MR) is 81.8 cm³/mol. The number of hydrogen-bond acceptors (Lipinski definition) is 2. The van der Waals surface area contributed by atoms with E-state index in [1.807, 2.05) is 19.1 Å². The van der Waals surface area contributed by atoms with Gasteiger partial charge in [0.2, 0.25) is 0 Å². The van der Waals surface area contributed by atoms with Crippen LogP contribution in [0.1, 0.15) is 54.9 Å². The van der Waals surface area contributed by atoms with E-state index in [2.05, 4.69) is 12.2 Å². The van der Waals surface area contributed by atoms with Crippen molar-refractivity contribution in [3.05, 3.63) is 29.3 Å². The molecule has 0 aliphatic heterocycles. The van der Waals surface area contributed by atoms with E-state index >= 15 is 0 Å². The second kappa shape index (κ2) is 6.29. The Labute approximate surface area is 121 Å². The molecular weight excluding hydrogens is 260 g/mol. The summed E-state index contributed by atoms with van der Waals surface area (Å²) in [5.74, 6) is 0.00389. The van der Waals surface area contributed by atoms with Gasteiger partial charge in [0, 0.05) is 16.8 Å². The fourth-order valence-electron chi connectivity index (χ4n) is 2.68. The first-order chi connectivity index (χ1) is 8.50. The largest absolute Gasteiger partial charge is 0.399 e. The number of halogens is 1. The van der Waals surface area contributed by atoms with Gasteiger partial charge >= 0.3 is 0 Å². The molecule has 0 saturated heterocycles. The number of aryl methyl sites for hydroxylation is 1. The molecule has 0 unspecified atom stereocenters. The monoisotopic (exact) mass is 282 g/mol. The van der Waals surface area contributed by atoms with E-state index in [1.165, 1.54) is 19.3 Å². The average molecular weight is 283 g/mol. The maximum atomic E-state index is 12.3. The molecule has 3 N–H and O–H groups in total. The first-order valence-corrected chi connectivity index (χ1v) is 6.69. The molecule has 0 atom stereocenters. The van der Waals surface area contributed by atoms with E-state index in [1.54, 1.807) is 6.07 Å². The topological polar surface area (TPSA) is 55.1 Å². The van der Waals surface area contributed by atoms with Crippen molar-refractivity contribution in [2.45, 2.75) is 51.5 Å². The van der Waals surface area contributed by atoms with Gasteiger partial charge in [0.15, 0.2) is 0 Å². The van der Waals surface area contributed by atoms with E-state index in [0.29, 0.717) is 11.3 Å². The van der Waals surface area contributed by atoms with Crippen molar-refractivity contribution in [3.63, 3.8) is 0 Å². The van der Waals surface area contributed by atoms with Gasteiger partial charge in [-0.15, -0.1) is 12.4 Å². The van der Waals surface area contributed by atoms with Crippen molar-refractivity contribution in [3.8, 4) is 0 Å². The Balaban J connectivity index is 0.00000180. The van der Waals surface area contributed by atoms with Crippen LogP contribution in [0.4, 0.5) is 5.69 Å². The Morgan fingerprint density at radius 1 is 1.26 bits per heavy atom. The van der Waals surface area contributed by atoms with Gasteiger partial charge < -0.3 is 11.1 Å². The van der Waals surface area contributed by atoms with Gasteiger partial charge in [-0.1, -0.05) is 25.3 Å². The minimum Gasteiger partial charge on any atom is -0.399 e. The quantitative estimate of drug-likeness (QED) is 0.816. The molecule has 0 aromatic heterocycles. The summed E-state index contributed by atoms with van der Waals surface area (Å²) in [5.41, 5.74) is 8.01. The van der Waals surface area contributed by atoms with E-state index in [4.69, 9.17) is 5.73 Å². The number of carbonyl (C=O) groups excluding carboxylic acids is 1. The Bertz CT molecular complexity index is 453. The van der Waals surface area contributed by atoms with E-state index in [-0.39, 0.29) is 23.9 Å². The van der Waals surface area contributed by atoms with E-state index in [0.717, 1.165) is 18.4 Å². The fraction of sp³-hybridized carbons (Fsp3) is 0.533. The molecule has 2 rings (SSSR count). The minimum absolute atomic E-state index is 0. The number of rotatable bonds is 2. The molecule has 1 amide bonds. The van der Waals surface area contributed by atoms with Crippen LogP contribution in [0.25, 0.3) is 0 Å². The maximum absolute atomic E-state index is 12.3. The third-order valence-electron chi connectivity index (χ3n) is 3.88. The number of nitrogen functional groups attached to an aromatic ring is 1. The average Bonchev–Trinajstić information content (AvgIpc) is 2.32. The van der Waals surface area contributed by atoms with E-state index < -0.39 is 0 Å². The molecule has 1 fully saturated rings. The van der Waals surface area contributed by atoms with Crippen LogP contribution in [0.3, 0.4) is 0 Å². The zero-order valence-corrected chi connectivity index (χ0v) is 12.5. The molecule has 106 valence electrons. The van der Waals surface area contributed by atoms with Crippen LogP contribution in [0, 0.1) is 6.92 Å². The molecule has 1 saturated carbocycles. The predicted octanol–water partition coefficient (Wildman–Crippen LogP) is 3.45. The summed E-state index contributed by atoms with van der Waals surface area (Å²) in [6.07, 6.45) is 5.82. The lowest BCUT2D eigenvalue weighted by Crippen LogP contribution is -2.47. The summed E-state index contributed by atoms with van der Waals surface area (Å²) in [5, 5.41) is 3.19. The number of nitrogens with one attached hydrogen (secondary N) is 1. The summed E-state index contributed by atoms with van der Waals surface area (Å²) >= 11 is 0. The van der Waals surface area contributed by atoms with Crippen molar-refractivity contribution in [1.29, 1.82) is 0 Å². The number of amides is 1. The van der Waals surface area contributed by atoms with Gasteiger partial charge in [-0.2, -0.15) is 0 Å². The molecule has 4 heteroatoms. The van der Waals surface area contributed by atoms with Crippen LogP contribution in [0.15, 0.2) is 18.2 Å². The number of hydrogen-bond donors (Lipinski definition) is 2. The van der Waals surface area contributed by atoms with Crippen LogP contribution in [0.5, 0.6) is 0 Å². The van der Waals surface area contributed by atoms with Gasteiger partial charge in [0.05, 0.1) is 0 Å². The highest BCUT2D eigenvalue weighted by Gasteiger charge is 2.28. The molecule has 0 radical (unpaired) electrons. The second-order valence-corrected chi connectivity index (χ2v) is 5.65. The summed E-state index contributed by atoms with van der Waals surface area (Å²) in [6, 6.07) is 5.48. The van der Waals surface area contributed by atoms with Crippen LogP contribution < -0.4 is 11.1 Å². The van der Waals surface area contributed by atoms with E-state index in [9.17, 15) is 4.79 Å². The van der Waals surface area contributed by atoms with Gasteiger partial charge in [-0.3, -0.25) is 4.79 Å². The van der Waals surface area contributed by atoms with Crippen molar-refractivity contribution >= 4 is 24.0 Å². The SMILES string of the molecule is Cc1ccc(N)cc1C(=O)NC1(C)CCCCC1.Cl. The third kappa shape index (κ3) is 3.87. The lowest BCUT2D eigenvalue weighted by molar-refractivity contribution is 0.0882. The van der Waals surface area contributed by atoms with Crippen molar-refractivity contribution in [1.82, 2.24) is 5.32 Å². The van der Waals surface area contributed by atoms with Crippen LogP contribution in [-0.2, 0) is 0 Å². The Kier molecular flexibility index (Phi) is 5.24. The zero-order chi connectivity index (χ0) is 13.2. The molecular formula is C15H23ClN2O. The van der Waals surface area contributed by atoms with Crippen LogP contribution in [-0.4, -0.2) is 11.4 Å². The third-order valence-corrected chi connectivity index (χ3v) is 3.88. The van der Waals surface area contributed by atoms with Gasteiger partial charge in [0.25, 0.3) is 5.91 Å². The maximum Gasteiger partial charge on any atom is 0.252 e. The summed E-state index contributed by atoms with van der Waals surface area (Å²) in [4.78, 5) is 12.3. The molecule has 19 heavy (non-hydrogen) atoms. The lowest BCUT2D eigenvalue weighted by atomic mass is 9.83. The Hall–Kier alpha value is -1.22. The molecule has 0 heterocycles. The smallest absolute Gasteiger partial charge is 0.252 e. The molecule has 1 aromatic carbocycles. The number of nitrogens with two attached hydrogens (primary N) is 1. The molecule has 0 spiro atoms. The molecule has 1 aliphatic rings. The first kappa shape index (κ1) is 15.8. The summed E-state index contributed by atoms with van der Waals surface area (Å²) in [6.45, 7) is 4.09. The molecule has 1 aliphatic carbocycles.